The molecule has 0 saturated heterocycles. The summed E-state index contributed by atoms with van der Waals surface area (Å²) in [5.74, 6) is -0.241. The molecule has 1 fully saturated rings. The molecule has 0 atom stereocenters. The number of amides is 1. The van der Waals surface area contributed by atoms with Gasteiger partial charge in [0, 0.05) is 18.5 Å². The molecule has 0 unspecified atom stereocenters. The van der Waals surface area contributed by atoms with Crippen molar-refractivity contribution in [3.8, 4) is 0 Å². The van der Waals surface area contributed by atoms with Gasteiger partial charge in [0.1, 0.15) is 5.82 Å². The molecule has 1 amide bonds. The zero-order valence-corrected chi connectivity index (χ0v) is 11.8. The van der Waals surface area contributed by atoms with Gasteiger partial charge in [-0.2, -0.15) is 0 Å². The van der Waals surface area contributed by atoms with Crippen molar-refractivity contribution in [3.05, 3.63) is 35.6 Å². The highest BCUT2D eigenvalue weighted by molar-refractivity contribution is 5.77. The number of nitrogens with one attached hydrogen (secondary N) is 1. The number of hydrogen-bond donors (Lipinski definition) is 2. The van der Waals surface area contributed by atoms with Crippen LogP contribution in [0.4, 0.5) is 4.39 Å². The Labute approximate surface area is 119 Å². The average molecular weight is 278 g/mol. The molecule has 0 heterocycles. The number of hydrogen-bond acceptors (Lipinski definition) is 2. The molecule has 0 radical (unpaired) electrons. The summed E-state index contributed by atoms with van der Waals surface area (Å²) in [7, 11) is 0. The van der Waals surface area contributed by atoms with Gasteiger partial charge in [-0.3, -0.25) is 4.79 Å². The molecular formula is C16H23FN2O. The van der Waals surface area contributed by atoms with Gasteiger partial charge in [0.2, 0.25) is 5.91 Å². The third kappa shape index (κ3) is 4.30. The molecular weight excluding hydrogens is 255 g/mol. The van der Waals surface area contributed by atoms with Gasteiger partial charge in [-0.1, -0.05) is 37.5 Å². The first-order chi connectivity index (χ1) is 9.59. The van der Waals surface area contributed by atoms with Crippen LogP contribution in [0.25, 0.3) is 0 Å². The number of nitrogens with two attached hydrogens (primary N) is 1. The van der Waals surface area contributed by atoms with E-state index in [0.717, 1.165) is 25.7 Å². The maximum absolute atomic E-state index is 13.4. The fourth-order valence-electron chi connectivity index (χ4n) is 2.85. The molecule has 3 N–H and O–H groups in total. The number of carbonyl (C=O) groups excluding carboxylic acids is 1. The number of carbonyl (C=O) groups is 1. The fraction of sp³-hybridized carbons (Fsp3) is 0.562. The van der Waals surface area contributed by atoms with Crippen LogP contribution in [-0.2, 0) is 11.2 Å². The second kappa shape index (κ2) is 6.84. The third-order valence-electron chi connectivity index (χ3n) is 4.04. The van der Waals surface area contributed by atoms with Gasteiger partial charge in [0.05, 0.1) is 0 Å². The van der Waals surface area contributed by atoms with E-state index in [1.807, 2.05) is 0 Å². The summed E-state index contributed by atoms with van der Waals surface area (Å²) < 4.78 is 13.4. The smallest absolute Gasteiger partial charge is 0.221 e. The van der Waals surface area contributed by atoms with E-state index in [1.165, 1.54) is 12.5 Å². The van der Waals surface area contributed by atoms with Crippen molar-refractivity contribution >= 4 is 5.91 Å². The minimum Gasteiger partial charge on any atom is -0.356 e. The van der Waals surface area contributed by atoms with Crippen LogP contribution < -0.4 is 11.1 Å². The first-order valence-corrected chi connectivity index (χ1v) is 7.38. The zero-order valence-electron chi connectivity index (χ0n) is 11.8. The third-order valence-corrected chi connectivity index (χ3v) is 4.04. The molecule has 1 saturated carbocycles. The fourth-order valence-corrected chi connectivity index (χ4v) is 2.85. The van der Waals surface area contributed by atoms with Gasteiger partial charge in [-0.25, -0.2) is 4.39 Å². The largest absolute Gasteiger partial charge is 0.356 e. The predicted molar refractivity (Wildman–Crippen MR) is 77.7 cm³/mol. The molecule has 1 aliphatic carbocycles. The lowest BCUT2D eigenvalue weighted by molar-refractivity contribution is -0.122. The van der Waals surface area contributed by atoms with Crippen LogP contribution in [0.15, 0.2) is 24.3 Å². The Morgan fingerprint density at radius 2 is 1.95 bits per heavy atom. The molecule has 0 aromatic heterocycles. The van der Waals surface area contributed by atoms with Crippen LogP contribution in [0.2, 0.25) is 0 Å². The monoisotopic (exact) mass is 278 g/mol. The van der Waals surface area contributed by atoms with Gasteiger partial charge in [-0.15, -0.1) is 0 Å². The SMILES string of the molecule is NC1(CC(=O)NCCc2ccccc2F)CCCCC1. The number of benzene rings is 1. The van der Waals surface area contributed by atoms with E-state index in [9.17, 15) is 9.18 Å². The van der Waals surface area contributed by atoms with E-state index in [4.69, 9.17) is 5.73 Å². The van der Waals surface area contributed by atoms with Gasteiger partial charge < -0.3 is 11.1 Å². The molecule has 20 heavy (non-hydrogen) atoms. The highest BCUT2D eigenvalue weighted by Gasteiger charge is 2.29. The Balaban J connectivity index is 1.74. The van der Waals surface area contributed by atoms with Crippen LogP contribution in [0, 0.1) is 5.82 Å². The normalized spacial score (nSPS) is 17.7. The topological polar surface area (TPSA) is 55.1 Å². The minimum absolute atomic E-state index is 0.0225. The molecule has 1 aliphatic rings. The van der Waals surface area contributed by atoms with E-state index >= 15 is 0 Å². The van der Waals surface area contributed by atoms with Gasteiger partial charge >= 0.3 is 0 Å². The maximum atomic E-state index is 13.4. The van der Waals surface area contributed by atoms with E-state index < -0.39 is 0 Å². The lowest BCUT2D eigenvalue weighted by Gasteiger charge is -2.32. The van der Waals surface area contributed by atoms with Crippen LogP contribution in [-0.4, -0.2) is 18.0 Å². The van der Waals surface area contributed by atoms with Crippen LogP contribution >= 0.6 is 0 Å². The summed E-state index contributed by atoms with van der Waals surface area (Å²) in [6.07, 6.45) is 6.17. The molecule has 1 aromatic carbocycles. The number of halogens is 1. The van der Waals surface area contributed by atoms with Crippen LogP contribution in [0.1, 0.15) is 44.1 Å². The quantitative estimate of drug-likeness (QED) is 0.869. The second-order valence-electron chi connectivity index (χ2n) is 5.79. The van der Waals surface area contributed by atoms with Crippen molar-refractivity contribution in [1.82, 2.24) is 5.32 Å². The summed E-state index contributed by atoms with van der Waals surface area (Å²) in [5, 5.41) is 2.85. The summed E-state index contributed by atoms with van der Waals surface area (Å²) in [4.78, 5) is 11.9. The number of rotatable bonds is 5. The first kappa shape index (κ1) is 15.0. The van der Waals surface area contributed by atoms with Crippen molar-refractivity contribution in [1.29, 1.82) is 0 Å². The molecule has 110 valence electrons. The molecule has 2 rings (SSSR count). The molecule has 3 nitrogen and oxygen atoms in total. The van der Waals surface area contributed by atoms with Gasteiger partial charge in [0.25, 0.3) is 0 Å². The second-order valence-corrected chi connectivity index (χ2v) is 5.79. The summed E-state index contributed by atoms with van der Waals surface area (Å²) in [5.41, 5.74) is 6.55. The van der Waals surface area contributed by atoms with Crippen molar-refractivity contribution in [2.45, 2.75) is 50.5 Å². The van der Waals surface area contributed by atoms with E-state index in [0.29, 0.717) is 24.9 Å². The van der Waals surface area contributed by atoms with Crippen molar-refractivity contribution in [2.24, 2.45) is 5.73 Å². The molecule has 4 heteroatoms. The summed E-state index contributed by atoms with van der Waals surface area (Å²) >= 11 is 0. The Hall–Kier alpha value is -1.42. The molecule has 0 spiro atoms. The summed E-state index contributed by atoms with van der Waals surface area (Å²) in [6, 6.07) is 6.65. The average Bonchev–Trinajstić information content (AvgIpc) is 2.41. The summed E-state index contributed by atoms with van der Waals surface area (Å²) in [6.45, 7) is 0.454. The van der Waals surface area contributed by atoms with Crippen molar-refractivity contribution in [2.75, 3.05) is 6.54 Å². The molecule has 0 bridgehead atoms. The Morgan fingerprint density at radius 1 is 1.25 bits per heavy atom. The zero-order chi connectivity index (χ0) is 14.4. The predicted octanol–water partition coefficient (Wildman–Crippen LogP) is 2.54. The van der Waals surface area contributed by atoms with Gasteiger partial charge in [0.15, 0.2) is 0 Å². The Morgan fingerprint density at radius 3 is 2.65 bits per heavy atom. The van der Waals surface area contributed by atoms with Gasteiger partial charge in [-0.05, 0) is 30.9 Å². The first-order valence-electron chi connectivity index (χ1n) is 7.38. The van der Waals surface area contributed by atoms with Crippen molar-refractivity contribution < 1.29 is 9.18 Å². The Kier molecular flexibility index (Phi) is 5.12. The molecule has 0 aliphatic heterocycles. The molecule has 1 aromatic rings. The van der Waals surface area contributed by atoms with Crippen LogP contribution in [0.3, 0.4) is 0 Å². The highest BCUT2D eigenvalue weighted by atomic mass is 19.1. The van der Waals surface area contributed by atoms with E-state index in [-0.39, 0.29) is 17.3 Å². The van der Waals surface area contributed by atoms with Crippen LogP contribution in [0.5, 0.6) is 0 Å². The lowest BCUT2D eigenvalue weighted by Crippen LogP contribution is -2.46. The van der Waals surface area contributed by atoms with E-state index in [1.54, 1.807) is 18.2 Å². The lowest BCUT2D eigenvalue weighted by atomic mass is 9.80. The maximum Gasteiger partial charge on any atom is 0.221 e. The van der Waals surface area contributed by atoms with Crippen molar-refractivity contribution in [3.63, 3.8) is 0 Å². The Bertz CT molecular complexity index is 456. The standard InChI is InChI=1S/C16H23FN2O/c17-14-7-3-2-6-13(14)8-11-19-15(20)12-16(18)9-4-1-5-10-16/h2-3,6-7H,1,4-5,8-12,18H2,(H,19,20). The van der Waals surface area contributed by atoms with E-state index in [2.05, 4.69) is 5.32 Å². The highest BCUT2D eigenvalue weighted by Crippen LogP contribution is 2.28. The minimum atomic E-state index is -0.333.